The van der Waals surface area contributed by atoms with Crippen LogP contribution in [0.4, 0.5) is 0 Å². The van der Waals surface area contributed by atoms with Crippen molar-refractivity contribution in [2.75, 3.05) is 0 Å². The number of carbonyl (C=O) groups is 2. The van der Waals surface area contributed by atoms with Crippen LogP contribution in [0, 0.1) is 5.41 Å². The molecule has 16 heavy (non-hydrogen) atoms. The standard InChI is InChI=1S/C12H16N2O2/c1-12(2)5-9-8(10(15)6-12)3-4-14(9)7-11(13)16/h3-4H,5-7H2,1-2H3,(H2,13,16). The molecule has 4 nitrogen and oxygen atoms in total. The normalized spacial score (nSPS) is 18.2. The van der Waals surface area contributed by atoms with E-state index in [1.54, 1.807) is 16.8 Å². The average molecular weight is 220 g/mol. The van der Waals surface area contributed by atoms with E-state index >= 15 is 0 Å². The van der Waals surface area contributed by atoms with Crippen molar-refractivity contribution in [1.82, 2.24) is 4.57 Å². The van der Waals surface area contributed by atoms with Gasteiger partial charge in [-0.2, -0.15) is 0 Å². The highest BCUT2D eigenvalue weighted by atomic mass is 16.1. The smallest absolute Gasteiger partial charge is 0.237 e. The number of hydrogen-bond acceptors (Lipinski definition) is 2. The number of hydrogen-bond donors (Lipinski definition) is 1. The summed E-state index contributed by atoms with van der Waals surface area (Å²) in [5, 5.41) is 0. The van der Waals surface area contributed by atoms with Crippen LogP contribution in [0.1, 0.15) is 36.3 Å². The van der Waals surface area contributed by atoms with Gasteiger partial charge in [-0.25, -0.2) is 0 Å². The van der Waals surface area contributed by atoms with Gasteiger partial charge >= 0.3 is 0 Å². The largest absolute Gasteiger partial charge is 0.368 e. The Hall–Kier alpha value is -1.58. The fourth-order valence-electron chi connectivity index (χ4n) is 2.32. The minimum atomic E-state index is -0.380. The number of ketones is 1. The van der Waals surface area contributed by atoms with Gasteiger partial charge in [0.1, 0.15) is 6.54 Å². The van der Waals surface area contributed by atoms with Crippen LogP contribution in [-0.4, -0.2) is 16.3 Å². The molecule has 0 spiro atoms. The van der Waals surface area contributed by atoms with E-state index in [1.807, 2.05) is 0 Å². The fraction of sp³-hybridized carbons (Fsp3) is 0.500. The zero-order chi connectivity index (χ0) is 11.9. The molecule has 2 rings (SSSR count). The molecule has 0 bridgehead atoms. The maximum atomic E-state index is 11.9. The Bertz CT molecular complexity index is 458. The molecule has 0 atom stereocenters. The predicted molar refractivity (Wildman–Crippen MR) is 60.1 cm³/mol. The van der Waals surface area contributed by atoms with Crippen molar-refractivity contribution in [3.8, 4) is 0 Å². The molecule has 0 aromatic carbocycles. The van der Waals surface area contributed by atoms with Crippen LogP contribution >= 0.6 is 0 Å². The molecule has 0 saturated carbocycles. The monoisotopic (exact) mass is 220 g/mol. The van der Waals surface area contributed by atoms with Gasteiger partial charge < -0.3 is 10.3 Å². The number of nitrogens with two attached hydrogens (primary N) is 1. The maximum Gasteiger partial charge on any atom is 0.237 e. The zero-order valence-corrected chi connectivity index (χ0v) is 9.62. The van der Waals surface area contributed by atoms with Gasteiger partial charge in [-0.05, 0) is 17.9 Å². The Kier molecular flexibility index (Phi) is 2.37. The molecule has 2 N–H and O–H groups in total. The Morgan fingerprint density at radius 2 is 2.19 bits per heavy atom. The number of fused-ring (bicyclic) bond motifs is 1. The lowest BCUT2D eigenvalue weighted by molar-refractivity contribution is -0.118. The summed E-state index contributed by atoms with van der Waals surface area (Å²) in [7, 11) is 0. The number of nitrogens with zero attached hydrogens (tertiary/aromatic N) is 1. The summed E-state index contributed by atoms with van der Waals surface area (Å²) in [4.78, 5) is 22.8. The summed E-state index contributed by atoms with van der Waals surface area (Å²) in [6.07, 6.45) is 3.16. The van der Waals surface area contributed by atoms with Gasteiger partial charge in [-0.15, -0.1) is 0 Å². The summed E-state index contributed by atoms with van der Waals surface area (Å²) in [5.74, 6) is -0.219. The van der Waals surface area contributed by atoms with E-state index in [0.29, 0.717) is 6.42 Å². The third kappa shape index (κ3) is 1.87. The topological polar surface area (TPSA) is 65.1 Å². The van der Waals surface area contributed by atoms with Gasteiger partial charge in [0.2, 0.25) is 5.91 Å². The van der Waals surface area contributed by atoms with Crippen LogP contribution in [0.15, 0.2) is 12.3 Å². The number of aromatic nitrogens is 1. The van der Waals surface area contributed by atoms with Crippen molar-refractivity contribution < 1.29 is 9.59 Å². The molecule has 1 aromatic heterocycles. The third-order valence-electron chi connectivity index (χ3n) is 2.99. The van der Waals surface area contributed by atoms with E-state index in [-0.39, 0.29) is 23.7 Å². The number of carbonyl (C=O) groups excluding carboxylic acids is 2. The predicted octanol–water partition coefficient (Wildman–Crippen LogP) is 1.13. The Morgan fingerprint density at radius 3 is 2.81 bits per heavy atom. The number of Topliss-reactive ketones (excluding diaryl/α,β-unsaturated/α-hetero) is 1. The van der Waals surface area contributed by atoms with Crippen molar-refractivity contribution in [3.63, 3.8) is 0 Å². The van der Waals surface area contributed by atoms with Gasteiger partial charge in [-0.1, -0.05) is 13.8 Å². The number of primary amides is 1. The summed E-state index contributed by atoms with van der Waals surface area (Å²) in [5.41, 5.74) is 6.84. The maximum absolute atomic E-state index is 11.9. The first kappa shape index (κ1) is 10.9. The quantitative estimate of drug-likeness (QED) is 0.811. The van der Waals surface area contributed by atoms with Crippen LogP contribution in [0.3, 0.4) is 0 Å². The van der Waals surface area contributed by atoms with E-state index in [4.69, 9.17) is 5.73 Å². The molecule has 0 aliphatic heterocycles. The molecule has 1 aliphatic carbocycles. The van der Waals surface area contributed by atoms with Crippen molar-refractivity contribution in [1.29, 1.82) is 0 Å². The van der Waals surface area contributed by atoms with Gasteiger partial charge in [0, 0.05) is 23.9 Å². The Labute approximate surface area is 94.4 Å². The summed E-state index contributed by atoms with van der Waals surface area (Å²) < 4.78 is 1.79. The third-order valence-corrected chi connectivity index (χ3v) is 2.99. The van der Waals surface area contributed by atoms with Crippen molar-refractivity contribution in [2.45, 2.75) is 33.2 Å². The number of rotatable bonds is 2. The van der Waals surface area contributed by atoms with Crippen LogP contribution in [0.5, 0.6) is 0 Å². The molecule has 0 radical (unpaired) electrons. The first-order chi connectivity index (χ1) is 7.39. The average Bonchev–Trinajstić information content (AvgIpc) is 2.45. The Balaban J connectivity index is 2.41. The van der Waals surface area contributed by atoms with Gasteiger partial charge in [0.05, 0.1) is 0 Å². The summed E-state index contributed by atoms with van der Waals surface area (Å²) in [6, 6.07) is 1.79. The van der Waals surface area contributed by atoms with Crippen LogP contribution in [0.2, 0.25) is 0 Å². The highest BCUT2D eigenvalue weighted by molar-refractivity contribution is 5.98. The highest BCUT2D eigenvalue weighted by Gasteiger charge is 2.32. The first-order valence-corrected chi connectivity index (χ1v) is 5.38. The van der Waals surface area contributed by atoms with E-state index < -0.39 is 0 Å². The van der Waals surface area contributed by atoms with Crippen molar-refractivity contribution >= 4 is 11.7 Å². The fourth-order valence-corrected chi connectivity index (χ4v) is 2.32. The van der Waals surface area contributed by atoms with E-state index in [9.17, 15) is 9.59 Å². The molecule has 1 aromatic rings. The summed E-state index contributed by atoms with van der Waals surface area (Å²) in [6.45, 7) is 4.28. The second-order valence-electron chi connectivity index (χ2n) is 5.21. The molecule has 0 fully saturated rings. The van der Waals surface area contributed by atoms with Crippen LogP contribution < -0.4 is 5.73 Å². The molecule has 0 unspecified atom stereocenters. The molecular weight excluding hydrogens is 204 g/mol. The van der Waals surface area contributed by atoms with Gasteiger partial charge in [-0.3, -0.25) is 9.59 Å². The lowest BCUT2D eigenvalue weighted by Gasteiger charge is -2.29. The Morgan fingerprint density at radius 1 is 1.50 bits per heavy atom. The molecule has 1 heterocycles. The first-order valence-electron chi connectivity index (χ1n) is 5.38. The van der Waals surface area contributed by atoms with Crippen LogP contribution in [0.25, 0.3) is 0 Å². The minimum absolute atomic E-state index is 0.0299. The second kappa shape index (κ2) is 3.47. The van der Waals surface area contributed by atoms with E-state index in [2.05, 4.69) is 13.8 Å². The molecule has 1 amide bonds. The van der Waals surface area contributed by atoms with E-state index in [0.717, 1.165) is 17.7 Å². The molecule has 4 heteroatoms. The van der Waals surface area contributed by atoms with E-state index in [1.165, 1.54) is 0 Å². The lowest BCUT2D eigenvalue weighted by Crippen LogP contribution is -2.29. The van der Waals surface area contributed by atoms with Gasteiger partial charge in [0.25, 0.3) is 0 Å². The molecule has 0 saturated heterocycles. The van der Waals surface area contributed by atoms with Crippen LogP contribution in [-0.2, 0) is 17.8 Å². The van der Waals surface area contributed by atoms with Crippen molar-refractivity contribution in [3.05, 3.63) is 23.5 Å². The molecule has 86 valence electrons. The molecular formula is C12H16N2O2. The van der Waals surface area contributed by atoms with Crippen molar-refractivity contribution in [2.24, 2.45) is 11.1 Å². The molecule has 1 aliphatic rings. The summed E-state index contributed by atoms with van der Waals surface area (Å²) >= 11 is 0. The minimum Gasteiger partial charge on any atom is -0.368 e. The van der Waals surface area contributed by atoms with Gasteiger partial charge in [0.15, 0.2) is 5.78 Å². The highest BCUT2D eigenvalue weighted by Crippen LogP contribution is 2.35. The SMILES string of the molecule is CC1(C)CC(=O)c2ccn(CC(N)=O)c2C1. The second-order valence-corrected chi connectivity index (χ2v) is 5.21. The lowest BCUT2D eigenvalue weighted by atomic mass is 9.76. The zero-order valence-electron chi connectivity index (χ0n) is 9.62. The number of amides is 1.